The van der Waals surface area contributed by atoms with Crippen LogP contribution in [0.4, 0.5) is 8.78 Å². The van der Waals surface area contributed by atoms with E-state index < -0.39 is 23.6 Å². The first kappa shape index (κ1) is 17.3. The van der Waals surface area contributed by atoms with Gasteiger partial charge >= 0.3 is 5.97 Å². The summed E-state index contributed by atoms with van der Waals surface area (Å²) < 4.78 is 31.2. The van der Waals surface area contributed by atoms with Crippen molar-refractivity contribution in [1.82, 2.24) is 15.0 Å². The van der Waals surface area contributed by atoms with E-state index in [-0.39, 0.29) is 30.7 Å². The third-order valence-electron chi connectivity index (χ3n) is 3.63. The third kappa shape index (κ3) is 3.65. The lowest BCUT2D eigenvalue weighted by Gasteiger charge is -2.18. The molecular weight excluding hydrogens is 332 g/mol. The molecule has 0 spiro atoms. The molecule has 1 unspecified atom stereocenters. The number of benzene rings is 1. The number of aromatic nitrogens is 2. The molecule has 1 aromatic carbocycles. The topological polar surface area (TPSA) is 79.5 Å². The van der Waals surface area contributed by atoms with Crippen LogP contribution >= 0.6 is 12.4 Å². The van der Waals surface area contributed by atoms with Gasteiger partial charge in [0.15, 0.2) is 11.6 Å². The average Bonchev–Trinajstić information content (AvgIpc) is 3.11. The minimum atomic E-state index is -0.991. The van der Waals surface area contributed by atoms with Crippen LogP contribution in [0.3, 0.4) is 0 Å². The highest BCUT2D eigenvalue weighted by atomic mass is 35.5. The number of hydrogen-bond donors (Lipinski definition) is 1. The molecule has 9 heteroatoms. The molecule has 0 amide bonds. The molecule has 1 aliphatic heterocycles. The van der Waals surface area contributed by atoms with Crippen molar-refractivity contribution in [2.45, 2.75) is 25.4 Å². The number of halogens is 3. The molecule has 1 atom stereocenters. The predicted octanol–water partition coefficient (Wildman–Crippen LogP) is 2.49. The highest BCUT2D eigenvalue weighted by Crippen LogP contribution is 2.22. The van der Waals surface area contributed by atoms with E-state index in [4.69, 9.17) is 9.63 Å². The Hall–Kier alpha value is -2.06. The Kier molecular flexibility index (Phi) is 5.27. The Morgan fingerprint density at radius 2 is 2.17 bits per heavy atom. The monoisotopic (exact) mass is 345 g/mol. The SMILES string of the molecule is Cl.O=C(O)C1CCCN1Cc1nc(-c2ccc(F)c(F)c2)no1. The molecule has 0 radical (unpaired) electrons. The summed E-state index contributed by atoms with van der Waals surface area (Å²) in [5.41, 5.74) is 0.296. The first-order chi connectivity index (χ1) is 10.5. The van der Waals surface area contributed by atoms with Gasteiger partial charge in [0.25, 0.3) is 0 Å². The van der Waals surface area contributed by atoms with E-state index in [1.165, 1.54) is 6.07 Å². The summed E-state index contributed by atoms with van der Waals surface area (Å²) in [5, 5.41) is 12.8. The van der Waals surface area contributed by atoms with Crippen molar-refractivity contribution in [2.75, 3.05) is 6.54 Å². The van der Waals surface area contributed by atoms with Crippen molar-refractivity contribution in [3.05, 3.63) is 35.7 Å². The normalized spacial score (nSPS) is 17.9. The van der Waals surface area contributed by atoms with Gasteiger partial charge in [-0.1, -0.05) is 5.16 Å². The molecule has 0 aliphatic carbocycles. The summed E-state index contributed by atoms with van der Waals surface area (Å²) >= 11 is 0. The Morgan fingerprint density at radius 1 is 1.39 bits per heavy atom. The predicted molar refractivity (Wildman–Crippen MR) is 78.0 cm³/mol. The Balaban J connectivity index is 0.00000192. The highest BCUT2D eigenvalue weighted by molar-refractivity contribution is 5.85. The fourth-order valence-electron chi connectivity index (χ4n) is 2.54. The second kappa shape index (κ2) is 7.01. The number of hydrogen-bond acceptors (Lipinski definition) is 5. The summed E-state index contributed by atoms with van der Waals surface area (Å²) in [6.07, 6.45) is 1.38. The largest absolute Gasteiger partial charge is 0.480 e. The van der Waals surface area contributed by atoms with Gasteiger partial charge in [0.05, 0.1) is 6.54 Å². The van der Waals surface area contributed by atoms with E-state index in [2.05, 4.69) is 10.1 Å². The van der Waals surface area contributed by atoms with Crippen molar-refractivity contribution in [1.29, 1.82) is 0 Å². The number of carboxylic acid groups (broad SMARTS) is 1. The molecule has 2 aromatic rings. The van der Waals surface area contributed by atoms with Crippen molar-refractivity contribution in [3.63, 3.8) is 0 Å². The van der Waals surface area contributed by atoms with Crippen molar-refractivity contribution >= 4 is 18.4 Å². The van der Waals surface area contributed by atoms with E-state index in [9.17, 15) is 13.6 Å². The summed E-state index contributed by atoms with van der Waals surface area (Å²) in [5.74, 6) is -2.44. The Labute approximate surface area is 136 Å². The maximum atomic E-state index is 13.2. The smallest absolute Gasteiger partial charge is 0.320 e. The van der Waals surface area contributed by atoms with Crippen LogP contribution in [-0.2, 0) is 11.3 Å². The number of carbonyl (C=O) groups is 1. The lowest BCUT2D eigenvalue weighted by molar-refractivity contribution is -0.142. The minimum absolute atomic E-state index is 0. The van der Waals surface area contributed by atoms with Gasteiger partial charge in [-0.15, -0.1) is 12.4 Å². The summed E-state index contributed by atoms with van der Waals surface area (Å²) in [7, 11) is 0. The second-order valence-corrected chi connectivity index (χ2v) is 5.11. The first-order valence-electron chi connectivity index (χ1n) is 6.79. The van der Waals surface area contributed by atoms with E-state index >= 15 is 0 Å². The van der Waals surface area contributed by atoms with Crippen molar-refractivity contribution in [3.8, 4) is 11.4 Å². The van der Waals surface area contributed by atoms with E-state index in [1.807, 2.05) is 0 Å². The van der Waals surface area contributed by atoms with Crippen LogP contribution in [0.15, 0.2) is 22.7 Å². The molecule has 0 bridgehead atoms. The Bertz CT molecular complexity index is 710. The summed E-state index contributed by atoms with van der Waals surface area (Å²) in [4.78, 5) is 17.0. The Morgan fingerprint density at radius 3 is 2.87 bits per heavy atom. The molecule has 1 aliphatic rings. The van der Waals surface area contributed by atoms with Gasteiger partial charge in [0, 0.05) is 5.56 Å². The summed E-state index contributed by atoms with van der Waals surface area (Å²) in [6, 6.07) is 2.77. The molecule has 124 valence electrons. The zero-order valence-electron chi connectivity index (χ0n) is 11.9. The minimum Gasteiger partial charge on any atom is -0.480 e. The van der Waals surface area contributed by atoms with E-state index in [0.29, 0.717) is 18.5 Å². The van der Waals surface area contributed by atoms with Crippen LogP contribution in [0, 0.1) is 11.6 Å². The molecule has 1 aromatic heterocycles. The molecule has 6 nitrogen and oxygen atoms in total. The molecule has 0 saturated carbocycles. The lowest BCUT2D eigenvalue weighted by Crippen LogP contribution is -2.35. The molecule has 1 saturated heterocycles. The van der Waals surface area contributed by atoms with Gasteiger partial charge in [0.2, 0.25) is 11.7 Å². The van der Waals surface area contributed by atoms with Crippen molar-refractivity contribution in [2.24, 2.45) is 0 Å². The molecule has 1 fully saturated rings. The van der Waals surface area contributed by atoms with Crippen molar-refractivity contribution < 1.29 is 23.2 Å². The maximum Gasteiger partial charge on any atom is 0.320 e. The average molecular weight is 346 g/mol. The number of aliphatic carboxylic acids is 1. The first-order valence-corrected chi connectivity index (χ1v) is 6.79. The van der Waals surface area contributed by atoms with Crippen LogP contribution in [0.5, 0.6) is 0 Å². The quantitative estimate of drug-likeness (QED) is 0.917. The van der Waals surface area contributed by atoms with Gasteiger partial charge in [-0.05, 0) is 37.6 Å². The zero-order valence-corrected chi connectivity index (χ0v) is 12.7. The van der Waals surface area contributed by atoms with Gasteiger partial charge in [-0.3, -0.25) is 9.69 Å². The standard InChI is InChI=1S/C14H13F2N3O3.ClH/c15-9-4-3-8(6-10(9)16)13-17-12(22-18-13)7-19-5-1-2-11(19)14(20)21;/h3-4,6,11H,1-2,5,7H2,(H,20,21);1H. The number of nitrogens with zero attached hydrogens (tertiary/aromatic N) is 3. The highest BCUT2D eigenvalue weighted by Gasteiger charge is 2.31. The number of rotatable bonds is 4. The number of likely N-dealkylation sites (tertiary alicyclic amines) is 1. The molecule has 23 heavy (non-hydrogen) atoms. The van der Waals surface area contributed by atoms with Crippen LogP contribution in [0.25, 0.3) is 11.4 Å². The maximum absolute atomic E-state index is 13.2. The van der Waals surface area contributed by atoms with Crippen LogP contribution in [0.1, 0.15) is 18.7 Å². The van der Waals surface area contributed by atoms with Crippen LogP contribution < -0.4 is 0 Å². The fraction of sp³-hybridized carbons (Fsp3) is 0.357. The van der Waals surface area contributed by atoms with Gasteiger partial charge in [-0.2, -0.15) is 4.98 Å². The lowest BCUT2D eigenvalue weighted by atomic mass is 10.2. The van der Waals surface area contributed by atoms with E-state index in [1.54, 1.807) is 4.90 Å². The third-order valence-corrected chi connectivity index (χ3v) is 3.63. The molecular formula is C14H14ClF2N3O3. The van der Waals surface area contributed by atoms with Gasteiger partial charge < -0.3 is 9.63 Å². The van der Waals surface area contributed by atoms with Crippen LogP contribution in [-0.4, -0.2) is 38.7 Å². The van der Waals surface area contributed by atoms with Crippen LogP contribution in [0.2, 0.25) is 0 Å². The van der Waals surface area contributed by atoms with Gasteiger partial charge in [0.1, 0.15) is 6.04 Å². The molecule has 3 rings (SSSR count). The van der Waals surface area contributed by atoms with E-state index in [0.717, 1.165) is 18.6 Å². The fourth-order valence-corrected chi connectivity index (χ4v) is 2.54. The molecule has 1 N–H and O–H groups in total. The second-order valence-electron chi connectivity index (χ2n) is 5.11. The number of carboxylic acids is 1. The van der Waals surface area contributed by atoms with Gasteiger partial charge in [-0.25, -0.2) is 8.78 Å². The molecule has 2 heterocycles. The summed E-state index contributed by atoms with van der Waals surface area (Å²) in [6.45, 7) is 0.855. The zero-order chi connectivity index (χ0) is 15.7.